The number of hydrogen-bond acceptors (Lipinski definition) is 5. The predicted molar refractivity (Wildman–Crippen MR) is 144 cm³/mol. The van der Waals surface area contributed by atoms with Gasteiger partial charge in [-0.05, 0) is 60.6 Å². The summed E-state index contributed by atoms with van der Waals surface area (Å²) < 4.78 is 15.5. The van der Waals surface area contributed by atoms with Crippen LogP contribution in [0.4, 0.5) is 5.69 Å². The molecule has 10 nitrogen and oxygen atoms in total. The predicted octanol–water partition coefficient (Wildman–Crippen LogP) is 3.72. The summed E-state index contributed by atoms with van der Waals surface area (Å²) in [6, 6.07) is 13.5. The van der Waals surface area contributed by atoms with Gasteiger partial charge in [0.05, 0.1) is 0 Å². The molecule has 0 saturated carbocycles. The Bertz CT molecular complexity index is 1230. The summed E-state index contributed by atoms with van der Waals surface area (Å²) in [5.74, 6) is -1.06. The van der Waals surface area contributed by atoms with Crippen LogP contribution in [0.25, 0.3) is 5.57 Å². The number of anilines is 1. The molecule has 11 heteroatoms. The summed E-state index contributed by atoms with van der Waals surface area (Å²) in [7, 11) is -4.67. The second kappa shape index (κ2) is 11.9. The molecule has 1 fully saturated rings. The third kappa shape index (κ3) is 8.02. The van der Waals surface area contributed by atoms with Crippen molar-refractivity contribution in [2.45, 2.75) is 52.6 Å². The summed E-state index contributed by atoms with van der Waals surface area (Å²) in [6.07, 6.45) is 2.58. The van der Waals surface area contributed by atoms with Gasteiger partial charge in [0, 0.05) is 18.3 Å². The first-order valence-electron chi connectivity index (χ1n) is 12.3. The molecule has 3 amide bonds. The maximum absolute atomic E-state index is 13.6. The van der Waals surface area contributed by atoms with Gasteiger partial charge in [0.15, 0.2) is 0 Å². The van der Waals surface area contributed by atoms with Crippen LogP contribution in [0.5, 0.6) is 5.75 Å². The molecule has 2 aromatic carbocycles. The van der Waals surface area contributed by atoms with E-state index in [-0.39, 0.29) is 17.6 Å². The number of nitrogens with one attached hydrogen (secondary N) is 2. The molecule has 0 aromatic heterocycles. The summed E-state index contributed by atoms with van der Waals surface area (Å²) >= 11 is 0. The number of nitrogens with zero attached hydrogens (tertiary/aromatic N) is 1. The first-order valence-corrected chi connectivity index (χ1v) is 13.8. The quantitative estimate of drug-likeness (QED) is 0.293. The highest BCUT2D eigenvalue weighted by Crippen LogP contribution is 2.37. The number of carbonyl (C=O) groups is 3. The van der Waals surface area contributed by atoms with Crippen molar-refractivity contribution in [1.82, 2.24) is 10.2 Å². The van der Waals surface area contributed by atoms with Crippen molar-refractivity contribution >= 4 is 36.8 Å². The van der Waals surface area contributed by atoms with Crippen molar-refractivity contribution in [2.24, 2.45) is 5.41 Å². The number of carbonyl (C=O) groups excluding carboxylic acids is 3. The summed E-state index contributed by atoms with van der Waals surface area (Å²) in [4.78, 5) is 59.0. The minimum absolute atomic E-state index is 0.00537. The maximum atomic E-state index is 13.6. The third-order valence-corrected chi connectivity index (χ3v) is 6.61. The largest absolute Gasteiger partial charge is 0.524 e. The van der Waals surface area contributed by atoms with Gasteiger partial charge in [-0.3, -0.25) is 24.2 Å². The van der Waals surface area contributed by atoms with Gasteiger partial charge in [-0.2, -0.15) is 0 Å². The van der Waals surface area contributed by atoms with Gasteiger partial charge in [0.1, 0.15) is 17.8 Å². The summed E-state index contributed by atoms with van der Waals surface area (Å²) in [5.41, 5.74) is 1.24. The van der Waals surface area contributed by atoms with Crippen LogP contribution in [0, 0.1) is 5.41 Å². The molecule has 3 rings (SSSR count). The van der Waals surface area contributed by atoms with Crippen molar-refractivity contribution in [2.75, 3.05) is 11.9 Å². The maximum Gasteiger partial charge on any atom is 0.524 e. The molecule has 2 atom stereocenters. The number of phosphoric ester groups is 1. The Morgan fingerprint density at radius 3 is 2.29 bits per heavy atom. The van der Waals surface area contributed by atoms with Crippen molar-refractivity contribution in [3.05, 3.63) is 66.2 Å². The van der Waals surface area contributed by atoms with Crippen LogP contribution in [-0.4, -0.2) is 51.0 Å². The van der Waals surface area contributed by atoms with E-state index in [4.69, 9.17) is 9.79 Å². The first-order chi connectivity index (χ1) is 17.7. The van der Waals surface area contributed by atoms with Gasteiger partial charge in [0.25, 0.3) is 0 Å². The lowest BCUT2D eigenvalue weighted by Crippen LogP contribution is -2.57. The van der Waals surface area contributed by atoms with E-state index in [1.165, 1.54) is 18.2 Å². The lowest BCUT2D eigenvalue weighted by molar-refractivity contribution is -0.142. The van der Waals surface area contributed by atoms with Gasteiger partial charge in [0.2, 0.25) is 17.7 Å². The monoisotopic (exact) mass is 543 g/mol. The Morgan fingerprint density at radius 1 is 1.08 bits per heavy atom. The highest BCUT2D eigenvalue weighted by Gasteiger charge is 2.41. The molecule has 204 valence electrons. The van der Waals surface area contributed by atoms with Gasteiger partial charge in [-0.1, -0.05) is 51.1 Å². The van der Waals surface area contributed by atoms with Crippen molar-refractivity contribution in [3.8, 4) is 5.75 Å². The number of para-hydroxylation sites is 1. The Morgan fingerprint density at radius 2 is 1.71 bits per heavy atom. The van der Waals surface area contributed by atoms with E-state index in [1.54, 1.807) is 36.1 Å². The molecular formula is C27H34N3O7P. The average Bonchev–Trinajstić information content (AvgIpc) is 3.32. The van der Waals surface area contributed by atoms with E-state index >= 15 is 0 Å². The van der Waals surface area contributed by atoms with Crippen LogP contribution in [0.2, 0.25) is 0 Å². The number of hydrogen-bond donors (Lipinski definition) is 4. The third-order valence-electron chi connectivity index (χ3n) is 6.16. The van der Waals surface area contributed by atoms with Crippen molar-refractivity contribution < 1.29 is 33.3 Å². The van der Waals surface area contributed by atoms with Crippen LogP contribution in [0.1, 0.15) is 46.1 Å². The van der Waals surface area contributed by atoms with Gasteiger partial charge < -0.3 is 20.1 Å². The Labute approximate surface area is 222 Å². The van der Waals surface area contributed by atoms with E-state index in [9.17, 15) is 18.9 Å². The number of likely N-dealkylation sites (tertiary alicyclic amines) is 1. The van der Waals surface area contributed by atoms with Crippen LogP contribution in [0.3, 0.4) is 0 Å². The van der Waals surface area contributed by atoms with E-state index in [0.717, 1.165) is 0 Å². The normalized spacial score (nSPS) is 17.1. The SMILES string of the molecule is C/C(=C\C(=O)N[C@H](C(=O)N1CCCC1C(=O)Nc1ccccc1)C(C)(C)C)c1ccc(OP(=O)(O)O)cc1. The molecule has 1 unspecified atom stereocenters. The zero-order valence-electron chi connectivity index (χ0n) is 21.9. The molecule has 1 aliphatic rings. The average molecular weight is 544 g/mol. The fourth-order valence-corrected chi connectivity index (χ4v) is 4.64. The van der Waals surface area contributed by atoms with Crippen LogP contribution >= 0.6 is 7.82 Å². The van der Waals surface area contributed by atoms with E-state index in [2.05, 4.69) is 15.2 Å². The number of benzene rings is 2. The van der Waals surface area contributed by atoms with Crippen LogP contribution in [0.15, 0.2) is 60.7 Å². The molecule has 0 radical (unpaired) electrons. The molecule has 1 aliphatic heterocycles. The van der Waals surface area contributed by atoms with Gasteiger partial charge >= 0.3 is 7.82 Å². The Balaban J connectivity index is 1.72. The van der Waals surface area contributed by atoms with Crippen molar-refractivity contribution in [1.29, 1.82) is 0 Å². The topological polar surface area (TPSA) is 145 Å². The smallest absolute Gasteiger partial charge is 0.404 e. The molecule has 2 aromatic rings. The molecule has 38 heavy (non-hydrogen) atoms. The lowest BCUT2D eigenvalue weighted by Gasteiger charge is -2.35. The standard InChI is InChI=1S/C27H34N3O7P/c1-18(19-12-14-21(15-13-19)37-38(34,35)36)17-23(31)29-24(27(2,3)4)26(33)30-16-8-11-22(30)25(32)28-20-9-6-5-7-10-20/h5-7,9-10,12-15,17,22,24H,8,11,16H2,1-4H3,(H,28,32)(H,29,31)(H2,34,35,36)/b18-17+/t22?,24-/m1/s1. The molecule has 0 aliphatic carbocycles. The highest BCUT2D eigenvalue weighted by atomic mass is 31.2. The molecule has 4 N–H and O–H groups in total. The fourth-order valence-electron chi connectivity index (χ4n) is 4.24. The summed E-state index contributed by atoms with van der Waals surface area (Å²) in [5, 5.41) is 5.69. The number of amides is 3. The number of phosphoric acid groups is 1. The Hall–Kier alpha value is -3.46. The molecular weight excluding hydrogens is 509 g/mol. The summed E-state index contributed by atoms with van der Waals surface area (Å²) in [6.45, 7) is 7.67. The zero-order chi connectivity index (χ0) is 28.1. The molecule has 0 bridgehead atoms. The molecule has 1 heterocycles. The highest BCUT2D eigenvalue weighted by molar-refractivity contribution is 7.46. The molecule has 0 spiro atoms. The van der Waals surface area contributed by atoms with E-state index in [1.807, 2.05) is 39.0 Å². The molecule has 1 saturated heterocycles. The fraction of sp³-hybridized carbons (Fsp3) is 0.370. The van der Waals surface area contributed by atoms with Crippen molar-refractivity contribution in [3.63, 3.8) is 0 Å². The van der Waals surface area contributed by atoms with Gasteiger partial charge in [-0.25, -0.2) is 4.57 Å². The van der Waals surface area contributed by atoms with Crippen LogP contribution in [-0.2, 0) is 18.9 Å². The van der Waals surface area contributed by atoms with Crippen LogP contribution < -0.4 is 15.2 Å². The second-order valence-electron chi connectivity index (χ2n) is 10.3. The minimum atomic E-state index is -4.67. The van der Waals surface area contributed by atoms with Gasteiger partial charge in [-0.15, -0.1) is 0 Å². The minimum Gasteiger partial charge on any atom is -0.404 e. The zero-order valence-corrected chi connectivity index (χ0v) is 22.8. The lowest BCUT2D eigenvalue weighted by atomic mass is 9.85. The first kappa shape index (κ1) is 29.1. The Kier molecular flexibility index (Phi) is 9.14. The van der Waals surface area contributed by atoms with E-state index < -0.39 is 31.2 Å². The van der Waals surface area contributed by atoms with E-state index in [0.29, 0.717) is 36.2 Å². The number of rotatable bonds is 8. The second-order valence-corrected chi connectivity index (χ2v) is 11.4. The number of allylic oxidation sites excluding steroid dienone is 1.